The first-order chi connectivity index (χ1) is 9.40. The molecule has 2 N–H and O–H groups in total. The Hall–Kier alpha value is -1.56. The fraction of sp³-hybridized carbons (Fsp3) is 0.143. The SMILES string of the molecule is CS(=O)(=O)c1ccc(Oc2cc(Cl)ccc2CN)cc1. The molecule has 0 saturated carbocycles. The monoisotopic (exact) mass is 311 g/mol. The van der Waals surface area contributed by atoms with Crippen LogP contribution in [0.1, 0.15) is 5.56 Å². The molecular weight excluding hydrogens is 298 g/mol. The highest BCUT2D eigenvalue weighted by molar-refractivity contribution is 7.90. The van der Waals surface area contributed by atoms with E-state index in [1.165, 1.54) is 12.1 Å². The molecule has 6 heteroatoms. The Kier molecular flexibility index (Phi) is 4.32. The number of hydrogen-bond acceptors (Lipinski definition) is 4. The van der Waals surface area contributed by atoms with Gasteiger partial charge in [-0.05, 0) is 36.4 Å². The predicted molar refractivity (Wildman–Crippen MR) is 79.0 cm³/mol. The second-order valence-electron chi connectivity index (χ2n) is 4.30. The molecule has 0 unspecified atom stereocenters. The number of benzene rings is 2. The minimum Gasteiger partial charge on any atom is -0.457 e. The first-order valence-corrected chi connectivity index (χ1v) is 8.13. The lowest BCUT2D eigenvalue weighted by molar-refractivity contribution is 0.476. The summed E-state index contributed by atoms with van der Waals surface area (Å²) in [7, 11) is -3.21. The smallest absolute Gasteiger partial charge is 0.175 e. The molecule has 0 amide bonds. The lowest BCUT2D eigenvalue weighted by Gasteiger charge is -2.10. The van der Waals surface area contributed by atoms with E-state index in [4.69, 9.17) is 22.1 Å². The Balaban J connectivity index is 2.29. The zero-order valence-electron chi connectivity index (χ0n) is 10.8. The number of nitrogens with two attached hydrogens (primary N) is 1. The van der Waals surface area contributed by atoms with Crippen LogP contribution >= 0.6 is 11.6 Å². The summed E-state index contributed by atoms with van der Waals surface area (Å²) in [5.74, 6) is 1.08. The van der Waals surface area contributed by atoms with Crippen LogP contribution in [-0.2, 0) is 16.4 Å². The molecule has 0 radical (unpaired) electrons. The maximum Gasteiger partial charge on any atom is 0.175 e. The highest BCUT2D eigenvalue weighted by atomic mass is 35.5. The van der Waals surface area contributed by atoms with Crippen LogP contribution in [0.3, 0.4) is 0 Å². The zero-order valence-corrected chi connectivity index (χ0v) is 12.4. The van der Waals surface area contributed by atoms with Gasteiger partial charge >= 0.3 is 0 Å². The van der Waals surface area contributed by atoms with Gasteiger partial charge in [-0.2, -0.15) is 0 Å². The van der Waals surface area contributed by atoms with E-state index in [1.807, 2.05) is 0 Å². The summed E-state index contributed by atoms with van der Waals surface area (Å²) in [6.45, 7) is 0.327. The summed E-state index contributed by atoms with van der Waals surface area (Å²) in [4.78, 5) is 0.245. The number of rotatable bonds is 4. The van der Waals surface area contributed by atoms with Gasteiger partial charge in [-0.1, -0.05) is 17.7 Å². The molecule has 0 spiro atoms. The van der Waals surface area contributed by atoms with Gasteiger partial charge in [0.25, 0.3) is 0 Å². The molecule has 0 aliphatic carbocycles. The molecule has 0 saturated heterocycles. The summed E-state index contributed by atoms with van der Waals surface area (Å²) in [5, 5.41) is 0.546. The van der Waals surface area contributed by atoms with Gasteiger partial charge in [0.1, 0.15) is 11.5 Å². The van der Waals surface area contributed by atoms with Crippen LogP contribution in [0.5, 0.6) is 11.5 Å². The lowest BCUT2D eigenvalue weighted by atomic mass is 10.2. The van der Waals surface area contributed by atoms with Gasteiger partial charge in [0.2, 0.25) is 0 Å². The third-order valence-corrected chi connectivity index (χ3v) is 4.09. The molecule has 106 valence electrons. The lowest BCUT2D eigenvalue weighted by Crippen LogP contribution is -2.00. The first-order valence-electron chi connectivity index (χ1n) is 5.86. The van der Waals surface area contributed by atoms with Gasteiger partial charge in [0.15, 0.2) is 9.84 Å². The van der Waals surface area contributed by atoms with Gasteiger partial charge in [0, 0.05) is 23.4 Å². The number of halogens is 1. The molecule has 2 rings (SSSR count). The largest absolute Gasteiger partial charge is 0.457 e. The summed E-state index contributed by atoms with van der Waals surface area (Å²) in [6, 6.07) is 11.4. The van der Waals surface area contributed by atoms with Gasteiger partial charge in [0.05, 0.1) is 4.90 Å². The Morgan fingerprint density at radius 3 is 2.35 bits per heavy atom. The van der Waals surface area contributed by atoms with Crippen LogP contribution in [-0.4, -0.2) is 14.7 Å². The van der Waals surface area contributed by atoms with E-state index in [2.05, 4.69) is 0 Å². The molecule has 0 fully saturated rings. The van der Waals surface area contributed by atoms with Crippen molar-refractivity contribution in [3.05, 3.63) is 53.1 Å². The molecule has 4 nitrogen and oxygen atoms in total. The van der Waals surface area contributed by atoms with Crippen molar-refractivity contribution in [2.24, 2.45) is 5.73 Å². The Bertz CT molecular complexity index is 712. The molecule has 0 aromatic heterocycles. The molecule has 0 heterocycles. The normalized spacial score (nSPS) is 11.3. The molecule has 2 aromatic carbocycles. The quantitative estimate of drug-likeness (QED) is 0.942. The Morgan fingerprint density at radius 1 is 1.15 bits per heavy atom. The molecule has 0 bridgehead atoms. The van der Waals surface area contributed by atoms with E-state index >= 15 is 0 Å². The van der Waals surface area contributed by atoms with E-state index < -0.39 is 9.84 Å². The van der Waals surface area contributed by atoms with Crippen molar-refractivity contribution in [3.63, 3.8) is 0 Å². The molecule has 20 heavy (non-hydrogen) atoms. The highest BCUT2D eigenvalue weighted by Gasteiger charge is 2.08. The predicted octanol–water partition coefficient (Wildman–Crippen LogP) is 2.99. The van der Waals surface area contributed by atoms with Crippen molar-refractivity contribution in [3.8, 4) is 11.5 Å². The van der Waals surface area contributed by atoms with Crippen LogP contribution in [0.2, 0.25) is 5.02 Å². The fourth-order valence-corrected chi connectivity index (χ4v) is 2.47. The third kappa shape index (κ3) is 3.50. The van der Waals surface area contributed by atoms with Gasteiger partial charge < -0.3 is 10.5 Å². The minimum atomic E-state index is -3.21. The average molecular weight is 312 g/mol. The molecule has 0 aliphatic heterocycles. The van der Waals surface area contributed by atoms with Crippen molar-refractivity contribution < 1.29 is 13.2 Å². The Morgan fingerprint density at radius 2 is 1.80 bits per heavy atom. The van der Waals surface area contributed by atoms with E-state index in [1.54, 1.807) is 30.3 Å². The van der Waals surface area contributed by atoms with E-state index in [9.17, 15) is 8.42 Å². The zero-order chi connectivity index (χ0) is 14.8. The standard InChI is InChI=1S/C14H14ClNO3S/c1-20(17,18)13-6-4-12(5-7-13)19-14-8-11(15)3-2-10(14)9-16/h2-8H,9,16H2,1H3. The van der Waals surface area contributed by atoms with Gasteiger partial charge in [-0.15, -0.1) is 0 Å². The van der Waals surface area contributed by atoms with Crippen LogP contribution in [0.25, 0.3) is 0 Å². The van der Waals surface area contributed by atoms with Crippen molar-refractivity contribution in [1.29, 1.82) is 0 Å². The van der Waals surface area contributed by atoms with Crippen molar-refractivity contribution in [2.45, 2.75) is 11.4 Å². The van der Waals surface area contributed by atoms with Crippen LogP contribution in [0.15, 0.2) is 47.4 Å². The summed E-state index contributed by atoms with van der Waals surface area (Å²) in [6.07, 6.45) is 1.16. The van der Waals surface area contributed by atoms with Crippen molar-refractivity contribution in [2.75, 3.05) is 6.26 Å². The van der Waals surface area contributed by atoms with Crippen LogP contribution in [0.4, 0.5) is 0 Å². The van der Waals surface area contributed by atoms with Gasteiger partial charge in [-0.25, -0.2) is 8.42 Å². The van der Waals surface area contributed by atoms with Crippen LogP contribution in [0, 0.1) is 0 Å². The van der Waals surface area contributed by atoms with E-state index in [0.717, 1.165) is 11.8 Å². The van der Waals surface area contributed by atoms with Crippen molar-refractivity contribution >= 4 is 21.4 Å². The van der Waals surface area contributed by atoms with E-state index in [-0.39, 0.29) is 4.90 Å². The van der Waals surface area contributed by atoms with Crippen molar-refractivity contribution in [1.82, 2.24) is 0 Å². The second-order valence-corrected chi connectivity index (χ2v) is 6.75. The number of sulfone groups is 1. The second kappa shape index (κ2) is 5.83. The number of hydrogen-bond donors (Lipinski definition) is 1. The number of ether oxygens (including phenoxy) is 1. The fourth-order valence-electron chi connectivity index (χ4n) is 1.67. The molecule has 0 aliphatic rings. The first kappa shape index (κ1) is 14.8. The van der Waals surface area contributed by atoms with E-state index in [0.29, 0.717) is 23.1 Å². The summed E-state index contributed by atoms with van der Waals surface area (Å²) < 4.78 is 28.4. The highest BCUT2D eigenvalue weighted by Crippen LogP contribution is 2.28. The van der Waals surface area contributed by atoms with Gasteiger partial charge in [-0.3, -0.25) is 0 Å². The maximum absolute atomic E-state index is 11.4. The molecular formula is C14H14ClNO3S. The topological polar surface area (TPSA) is 69.4 Å². The third-order valence-electron chi connectivity index (χ3n) is 2.73. The molecule has 2 aromatic rings. The van der Waals surface area contributed by atoms with Crippen LogP contribution < -0.4 is 10.5 Å². The minimum absolute atomic E-state index is 0.245. The summed E-state index contributed by atoms with van der Waals surface area (Å²) in [5.41, 5.74) is 6.45. The maximum atomic E-state index is 11.4. The average Bonchev–Trinajstić information content (AvgIpc) is 2.38. The summed E-state index contributed by atoms with van der Waals surface area (Å²) >= 11 is 5.92. The Labute approximate surface area is 123 Å². The molecule has 0 atom stereocenters.